The summed E-state index contributed by atoms with van der Waals surface area (Å²) in [5.74, 6) is 0. The lowest BCUT2D eigenvalue weighted by Crippen LogP contribution is -1.25. The van der Waals surface area contributed by atoms with E-state index in [4.69, 9.17) is 25.0 Å². The van der Waals surface area contributed by atoms with E-state index in [0.29, 0.717) is 0 Å². The van der Waals surface area contributed by atoms with E-state index < -0.39 is 0 Å². The molecule has 0 saturated carbocycles. The molecule has 0 spiro atoms. The molecule has 0 rings (SSSR count). The molecule has 0 amide bonds. The number of hydrogen-bond donors (Lipinski definition) is 2. The van der Waals surface area contributed by atoms with Gasteiger partial charge in [0.05, 0.1) is 0 Å². The average Bonchev–Trinajstić information content (AvgIpc) is 1.75. The summed E-state index contributed by atoms with van der Waals surface area (Å²) in [7, 11) is 0. The predicted octanol–water partition coefficient (Wildman–Crippen LogP) is -0.282. The molecule has 8 heteroatoms. The molecule has 0 bridgehead atoms. The molecule has 0 aromatic rings. The molecule has 0 heterocycles. The Labute approximate surface area is 60.7 Å². The molecule has 0 aromatic carbocycles. The van der Waals surface area contributed by atoms with Gasteiger partial charge in [-0.05, 0) is 0 Å². The molecule has 0 fully saturated rings. The number of rotatable bonds is 0. The third-order valence-corrected chi connectivity index (χ3v) is 0. The normalized spacial score (nSPS) is 3.11. The molecule has 3 radical (unpaired) electrons. The summed E-state index contributed by atoms with van der Waals surface area (Å²) in [5, 5.41) is 15.8. The van der Waals surface area contributed by atoms with Crippen LogP contribution in [0.3, 0.4) is 0 Å². The number of nitrogens with zero attached hydrogens (tertiary/aromatic N) is 2. The monoisotopic (exact) mass is 151 g/mol. The Balaban J connectivity index is -0.0000000202. The number of carbonyl (C=O) groups is 1. The molecular weight excluding hydrogens is 147 g/mol. The van der Waals surface area contributed by atoms with Crippen molar-refractivity contribution in [2.45, 2.75) is 0 Å². The van der Waals surface area contributed by atoms with Crippen LogP contribution < -0.4 is 0 Å². The van der Waals surface area contributed by atoms with Crippen LogP contribution in [-0.4, -0.2) is 34.6 Å². The summed E-state index contributed by atoms with van der Waals surface area (Å²) in [6.45, 7) is 2.00. The van der Waals surface area contributed by atoms with E-state index in [1.165, 1.54) is 10.7 Å². The first-order valence-electron chi connectivity index (χ1n) is 1.05. The van der Waals surface area contributed by atoms with Gasteiger partial charge in [-0.1, -0.05) is 0 Å². The van der Waals surface area contributed by atoms with Crippen molar-refractivity contribution < 1.29 is 15.2 Å². The highest BCUT2D eigenvalue weighted by molar-refractivity contribution is 5.75. The van der Waals surface area contributed by atoms with E-state index in [1.807, 2.05) is 6.79 Å². The molecule has 0 aliphatic heterocycles. The van der Waals surface area contributed by atoms with Crippen molar-refractivity contribution in [2.24, 2.45) is 10.7 Å². The third-order valence-electron chi connectivity index (χ3n) is 0. The van der Waals surface area contributed by atoms with Crippen LogP contribution in [0.5, 0.6) is 0 Å². The second-order valence-corrected chi connectivity index (χ2v) is 0.163. The van der Waals surface area contributed by atoms with Gasteiger partial charge in [0.25, 0.3) is 0 Å². The van der Waals surface area contributed by atoms with Crippen LogP contribution in [0.15, 0.2) is 10.7 Å². The highest BCUT2D eigenvalue weighted by Gasteiger charge is 1.18. The van der Waals surface area contributed by atoms with Crippen molar-refractivity contribution in [1.82, 2.24) is 0 Å². The molecule has 9 heavy (non-hydrogen) atoms. The van der Waals surface area contributed by atoms with Crippen molar-refractivity contribution in [1.29, 1.82) is 0 Å². The van der Waals surface area contributed by atoms with Gasteiger partial charge in [0.2, 0.25) is 0 Å². The molecule has 0 aliphatic carbocycles. The Morgan fingerprint density at radius 2 is 1.00 bits per heavy atom. The maximum atomic E-state index is 8.11. The topological polar surface area (TPSA) is 116 Å². The Bertz CT molecular complexity index is 44.2. The van der Waals surface area contributed by atoms with Crippen LogP contribution in [0, 0.1) is 9.81 Å². The fourth-order valence-corrected chi connectivity index (χ4v) is 0. The van der Waals surface area contributed by atoms with Gasteiger partial charge in [0, 0.05) is 17.4 Å². The van der Waals surface area contributed by atoms with Crippen LogP contribution in [0.1, 0.15) is 0 Å². The Hall–Kier alpha value is -0.998. The second-order valence-electron chi connectivity index (χ2n) is 0.163. The molecule has 7 nitrogen and oxygen atoms in total. The largest absolute Gasteiger partial charge is 0.379 e. The minimum absolute atomic E-state index is 0. The van der Waals surface area contributed by atoms with Crippen molar-refractivity contribution in [2.75, 3.05) is 0 Å². The van der Waals surface area contributed by atoms with E-state index in [2.05, 4.69) is 0 Å². The van der Waals surface area contributed by atoms with Crippen molar-refractivity contribution >= 4 is 24.2 Å². The molecular formula is CH4AlN2O5. The first kappa shape index (κ1) is 24.5. The molecule has 0 aromatic heterocycles. The Kier molecular flexibility index (Phi) is 683. The zero-order valence-electron chi connectivity index (χ0n) is 4.30. The third kappa shape index (κ3) is 176. The molecule has 2 N–H and O–H groups in total. The fourth-order valence-electron chi connectivity index (χ4n) is 0. The van der Waals surface area contributed by atoms with Gasteiger partial charge in [-0.25, -0.2) is 0 Å². The molecule has 0 atom stereocenters. The predicted molar refractivity (Wildman–Crippen MR) is 28.0 cm³/mol. The molecule has 0 aliphatic rings. The van der Waals surface area contributed by atoms with Gasteiger partial charge in [0.1, 0.15) is 6.79 Å². The molecule has 51 valence electrons. The minimum atomic E-state index is 0. The Morgan fingerprint density at radius 1 is 1.00 bits per heavy atom. The lowest BCUT2D eigenvalue weighted by Gasteiger charge is -1.32. The Morgan fingerprint density at radius 3 is 1.00 bits per heavy atom. The van der Waals surface area contributed by atoms with Gasteiger partial charge >= 0.3 is 0 Å². The SMILES string of the molecule is C=O.O=NO.O=NO.[Al]. The van der Waals surface area contributed by atoms with Gasteiger partial charge in [-0.3, -0.25) is 0 Å². The average molecular weight is 151 g/mol. The van der Waals surface area contributed by atoms with Gasteiger partial charge < -0.3 is 15.2 Å². The number of hydrogen-bond acceptors (Lipinski definition) is 5. The molecule has 0 saturated heterocycles. The first-order chi connectivity index (χ1) is 3.83. The zero-order chi connectivity index (χ0) is 7.41. The van der Waals surface area contributed by atoms with Crippen LogP contribution in [-0.2, 0) is 4.79 Å². The maximum absolute atomic E-state index is 8.11. The van der Waals surface area contributed by atoms with E-state index in [0.717, 1.165) is 0 Å². The summed E-state index contributed by atoms with van der Waals surface area (Å²) in [6.07, 6.45) is 0. The molecule has 0 unspecified atom stereocenters. The lowest BCUT2D eigenvalue weighted by molar-refractivity contribution is -0.0979. The zero-order valence-corrected chi connectivity index (χ0v) is 5.45. The first-order valence-corrected chi connectivity index (χ1v) is 1.05. The summed E-state index contributed by atoms with van der Waals surface area (Å²) in [5.41, 5.74) is 0. The lowest BCUT2D eigenvalue weighted by atomic mass is 11.9. The maximum Gasteiger partial charge on any atom is 0.152 e. The van der Waals surface area contributed by atoms with Crippen molar-refractivity contribution in [3.8, 4) is 0 Å². The summed E-state index contributed by atoms with van der Waals surface area (Å²) >= 11 is 0. The van der Waals surface area contributed by atoms with E-state index in [9.17, 15) is 0 Å². The van der Waals surface area contributed by atoms with Gasteiger partial charge in [0.15, 0.2) is 10.7 Å². The van der Waals surface area contributed by atoms with Crippen LogP contribution >= 0.6 is 0 Å². The van der Waals surface area contributed by atoms with Crippen molar-refractivity contribution in [3.63, 3.8) is 0 Å². The smallest absolute Gasteiger partial charge is 0.152 e. The van der Waals surface area contributed by atoms with Crippen LogP contribution in [0.4, 0.5) is 0 Å². The highest BCUT2D eigenvalue weighted by atomic mass is 27.0. The summed E-state index contributed by atoms with van der Waals surface area (Å²) in [6, 6.07) is 0. The van der Waals surface area contributed by atoms with Gasteiger partial charge in [-0.15, -0.1) is 9.81 Å². The number of carbonyl (C=O) groups excluding carboxylic acids is 1. The van der Waals surface area contributed by atoms with Gasteiger partial charge in [-0.2, -0.15) is 0 Å². The fraction of sp³-hybridized carbons (Fsp3) is 0. The summed E-state index contributed by atoms with van der Waals surface area (Å²) < 4.78 is 0. The van der Waals surface area contributed by atoms with Crippen LogP contribution in [0.2, 0.25) is 0 Å². The quantitative estimate of drug-likeness (QED) is 0.280. The minimum Gasteiger partial charge on any atom is -0.379 e. The van der Waals surface area contributed by atoms with E-state index >= 15 is 0 Å². The summed E-state index contributed by atoms with van der Waals surface area (Å²) in [4.78, 5) is 24.2. The van der Waals surface area contributed by atoms with Crippen molar-refractivity contribution in [3.05, 3.63) is 9.81 Å². The van der Waals surface area contributed by atoms with E-state index in [-0.39, 0.29) is 17.4 Å². The van der Waals surface area contributed by atoms with E-state index in [1.54, 1.807) is 0 Å². The highest BCUT2D eigenvalue weighted by Crippen LogP contribution is 1.25. The standard InChI is InChI=1S/CH2O.Al.2HNO2/c1-2;;2*2-1-3/h1H2;;2*(H,2,3). The second kappa shape index (κ2) is 251. The van der Waals surface area contributed by atoms with Crippen LogP contribution in [0.25, 0.3) is 0 Å².